The number of aliphatic hydroxyl groups is 1. The highest BCUT2D eigenvalue weighted by molar-refractivity contribution is 5.78. The highest BCUT2D eigenvalue weighted by Gasteiger charge is 2.51. The third-order valence-electron chi connectivity index (χ3n) is 5.59. The lowest BCUT2D eigenvalue weighted by Gasteiger charge is -2.57. The Labute approximate surface area is 115 Å². The first-order valence-electron chi connectivity index (χ1n) is 7.73. The Kier molecular flexibility index (Phi) is 3.56. The smallest absolute Gasteiger partial charge is 0.236 e. The summed E-state index contributed by atoms with van der Waals surface area (Å²) >= 11 is 0. The van der Waals surface area contributed by atoms with Crippen molar-refractivity contribution in [3.63, 3.8) is 0 Å². The lowest BCUT2D eigenvalue weighted by atomic mass is 9.49. The average Bonchev–Trinajstić information content (AvgIpc) is 2.35. The molecule has 4 nitrogen and oxygen atoms in total. The van der Waals surface area contributed by atoms with Crippen LogP contribution in [0.25, 0.3) is 0 Å². The van der Waals surface area contributed by atoms with Gasteiger partial charge in [-0.05, 0) is 61.7 Å². The van der Waals surface area contributed by atoms with Gasteiger partial charge in [0.05, 0.1) is 13.2 Å². The van der Waals surface area contributed by atoms with Gasteiger partial charge in [-0.25, -0.2) is 0 Å². The van der Waals surface area contributed by atoms with Gasteiger partial charge in [-0.15, -0.1) is 0 Å². The van der Waals surface area contributed by atoms with E-state index in [2.05, 4.69) is 0 Å². The van der Waals surface area contributed by atoms with Crippen LogP contribution in [0, 0.1) is 23.2 Å². The molecule has 4 heteroatoms. The highest BCUT2D eigenvalue weighted by atomic mass is 16.3. The van der Waals surface area contributed by atoms with E-state index < -0.39 is 0 Å². The summed E-state index contributed by atoms with van der Waals surface area (Å²) in [6.45, 7) is 1.37. The minimum atomic E-state index is -0.00945. The van der Waals surface area contributed by atoms with Gasteiger partial charge in [0.1, 0.15) is 0 Å². The fraction of sp³-hybridized carbons (Fsp3) is 0.933. The monoisotopic (exact) mass is 266 g/mol. The molecule has 0 aromatic rings. The van der Waals surface area contributed by atoms with Crippen LogP contribution in [0.5, 0.6) is 0 Å². The number of hydrogen-bond acceptors (Lipinski definition) is 3. The number of nitrogens with zero attached hydrogens (tertiary/aromatic N) is 1. The van der Waals surface area contributed by atoms with E-state index >= 15 is 0 Å². The summed E-state index contributed by atoms with van der Waals surface area (Å²) in [5.74, 6) is 2.69. The largest absolute Gasteiger partial charge is 0.395 e. The van der Waals surface area contributed by atoms with Crippen LogP contribution < -0.4 is 5.73 Å². The van der Waals surface area contributed by atoms with E-state index in [1.54, 1.807) is 0 Å². The summed E-state index contributed by atoms with van der Waals surface area (Å²) in [7, 11) is 0. The van der Waals surface area contributed by atoms with Crippen LogP contribution >= 0.6 is 0 Å². The summed E-state index contributed by atoms with van der Waals surface area (Å²) in [5.41, 5.74) is 5.84. The van der Waals surface area contributed by atoms with Crippen molar-refractivity contribution in [2.75, 3.05) is 26.2 Å². The molecule has 0 unspecified atom stereocenters. The van der Waals surface area contributed by atoms with E-state index in [-0.39, 0.29) is 19.1 Å². The molecule has 4 aliphatic carbocycles. The second-order valence-corrected chi connectivity index (χ2v) is 7.16. The third-order valence-corrected chi connectivity index (χ3v) is 5.59. The van der Waals surface area contributed by atoms with Crippen LogP contribution in [0.3, 0.4) is 0 Å². The number of aliphatic hydroxyl groups excluding tert-OH is 1. The lowest BCUT2D eigenvalue weighted by Crippen LogP contribution is -2.53. The quantitative estimate of drug-likeness (QED) is 0.779. The standard InChI is InChI=1S/C15H26N2O2/c16-9-14(19)17(1-2-18)10-15-6-11-3-12(7-15)5-13(4-11)8-15/h11-13,18H,1-10,16H2. The molecule has 0 aliphatic heterocycles. The normalized spacial score (nSPS) is 39.6. The number of carbonyl (C=O) groups excluding carboxylic acids is 1. The molecule has 19 heavy (non-hydrogen) atoms. The van der Waals surface area contributed by atoms with E-state index in [1.807, 2.05) is 4.90 Å². The maximum absolute atomic E-state index is 11.9. The number of carbonyl (C=O) groups is 1. The van der Waals surface area contributed by atoms with E-state index in [4.69, 9.17) is 10.8 Å². The molecule has 0 atom stereocenters. The molecule has 3 N–H and O–H groups in total. The van der Waals surface area contributed by atoms with E-state index in [0.717, 1.165) is 24.3 Å². The van der Waals surface area contributed by atoms with Crippen molar-refractivity contribution in [1.82, 2.24) is 4.90 Å². The molecule has 0 aromatic carbocycles. The van der Waals surface area contributed by atoms with Gasteiger partial charge in [-0.1, -0.05) is 0 Å². The summed E-state index contributed by atoms with van der Waals surface area (Å²) < 4.78 is 0. The molecule has 4 fully saturated rings. The number of hydrogen-bond donors (Lipinski definition) is 2. The van der Waals surface area contributed by atoms with Crippen molar-refractivity contribution in [1.29, 1.82) is 0 Å². The van der Waals surface area contributed by atoms with Crippen molar-refractivity contribution in [2.45, 2.75) is 38.5 Å². The first kappa shape index (κ1) is 13.4. The molecule has 4 saturated carbocycles. The highest BCUT2D eigenvalue weighted by Crippen LogP contribution is 2.60. The maximum atomic E-state index is 11.9. The molecular formula is C15H26N2O2. The Morgan fingerprint density at radius 2 is 1.68 bits per heavy atom. The molecule has 108 valence electrons. The SMILES string of the molecule is NCC(=O)N(CCO)CC12CC3CC(CC(C3)C1)C2. The first-order valence-corrected chi connectivity index (χ1v) is 7.73. The van der Waals surface area contributed by atoms with Gasteiger partial charge >= 0.3 is 0 Å². The average molecular weight is 266 g/mol. The van der Waals surface area contributed by atoms with Gasteiger partial charge in [-0.2, -0.15) is 0 Å². The molecule has 0 heterocycles. The van der Waals surface area contributed by atoms with Crippen molar-refractivity contribution >= 4 is 5.91 Å². The second kappa shape index (κ2) is 5.06. The molecular weight excluding hydrogens is 240 g/mol. The second-order valence-electron chi connectivity index (χ2n) is 7.16. The number of amides is 1. The zero-order valence-corrected chi connectivity index (χ0v) is 11.7. The minimum absolute atomic E-state index is 0.00945. The van der Waals surface area contributed by atoms with Crippen molar-refractivity contribution in [2.24, 2.45) is 28.9 Å². The molecule has 0 aromatic heterocycles. The van der Waals surface area contributed by atoms with Gasteiger partial charge in [0.15, 0.2) is 0 Å². The number of rotatable bonds is 5. The molecule has 4 aliphatic rings. The zero-order valence-electron chi connectivity index (χ0n) is 11.7. The van der Waals surface area contributed by atoms with Crippen molar-refractivity contribution in [3.05, 3.63) is 0 Å². The summed E-state index contributed by atoms with van der Waals surface area (Å²) in [6, 6.07) is 0. The van der Waals surface area contributed by atoms with Crippen LogP contribution in [-0.4, -0.2) is 42.2 Å². The van der Waals surface area contributed by atoms with Gasteiger partial charge in [0, 0.05) is 13.1 Å². The van der Waals surface area contributed by atoms with Crippen LogP contribution in [-0.2, 0) is 4.79 Å². The maximum Gasteiger partial charge on any atom is 0.236 e. The zero-order chi connectivity index (χ0) is 13.5. The van der Waals surface area contributed by atoms with Gasteiger partial charge < -0.3 is 15.7 Å². The van der Waals surface area contributed by atoms with E-state index in [9.17, 15) is 4.79 Å². The first-order chi connectivity index (χ1) is 9.14. The molecule has 0 radical (unpaired) electrons. The van der Waals surface area contributed by atoms with Gasteiger partial charge in [-0.3, -0.25) is 4.79 Å². The third kappa shape index (κ3) is 2.52. The Bertz CT molecular complexity index is 321. The van der Waals surface area contributed by atoms with Crippen molar-refractivity contribution < 1.29 is 9.90 Å². The molecule has 1 amide bonds. The molecule has 4 bridgehead atoms. The molecule has 0 saturated heterocycles. The summed E-state index contributed by atoms with van der Waals surface area (Å²) in [5, 5.41) is 9.16. The van der Waals surface area contributed by atoms with Crippen molar-refractivity contribution in [3.8, 4) is 0 Å². The fourth-order valence-corrected chi connectivity index (χ4v) is 5.43. The van der Waals surface area contributed by atoms with E-state index in [0.29, 0.717) is 12.0 Å². The predicted octanol–water partition coefficient (Wildman–Crippen LogP) is 0.982. The number of nitrogens with two attached hydrogens (primary N) is 1. The summed E-state index contributed by atoms with van der Waals surface area (Å²) in [4.78, 5) is 13.7. The van der Waals surface area contributed by atoms with Crippen LogP contribution in [0.1, 0.15) is 38.5 Å². The van der Waals surface area contributed by atoms with Gasteiger partial charge in [0.2, 0.25) is 5.91 Å². The van der Waals surface area contributed by atoms with Crippen LogP contribution in [0.4, 0.5) is 0 Å². The fourth-order valence-electron chi connectivity index (χ4n) is 5.43. The minimum Gasteiger partial charge on any atom is -0.395 e. The summed E-state index contributed by atoms with van der Waals surface area (Å²) in [6.07, 6.45) is 8.13. The Morgan fingerprint density at radius 1 is 1.16 bits per heavy atom. The Morgan fingerprint density at radius 3 is 2.11 bits per heavy atom. The molecule has 4 rings (SSSR count). The lowest BCUT2D eigenvalue weighted by molar-refractivity contribution is -0.136. The van der Waals surface area contributed by atoms with E-state index in [1.165, 1.54) is 38.5 Å². The van der Waals surface area contributed by atoms with Gasteiger partial charge in [0.25, 0.3) is 0 Å². The van der Waals surface area contributed by atoms with Crippen LogP contribution in [0.15, 0.2) is 0 Å². The Hall–Kier alpha value is -0.610. The molecule has 0 spiro atoms. The predicted molar refractivity (Wildman–Crippen MR) is 73.3 cm³/mol. The van der Waals surface area contributed by atoms with Crippen LogP contribution in [0.2, 0.25) is 0 Å². The Balaban J connectivity index is 1.72. The topological polar surface area (TPSA) is 66.6 Å².